The Kier molecular flexibility index (Phi) is 7.89. The molecule has 0 aromatic rings. The van der Waals surface area contributed by atoms with E-state index in [2.05, 4.69) is 24.5 Å². The zero-order valence-electron chi connectivity index (χ0n) is 7.69. The molecule has 0 aliphatic carbocycles. The van der Waals surface area contributed by atoms with Gasteiger partial charge in [0.05, 0.1) is 0 Å². The lowest BCUT2D eigenvalue weighted by Crippen LogP contribution is -2.38. The van der Waals surface area contributed by atoms with Crippen molar-refractivity contribution in [1.29, 1.82) is 0 Å². The lowest BCUT2D eigenvalue weighted by molar-refractivity contribution is 0.507. The van der Waals surface area contributed by atoms with Gasteiger partial charge in [0, 0.05) is 25.7 Å². The second-order valence-corrected chi connectivity index (χ2v) is 2.85. The number of hydrogen-bond donors (Lipinski definition) is 3. The van der Waals surface area contributed by atoms with Gasteiger partial charge in [-0.25, -0.2) is 0 Å². The van der Waals surface area contributed by atoms with Crippen LogP contribution in [0.4, 0.5) is 0 Å². The van der Waals surface area contributed by atoms with Crippen molar-refractivity contribution in [1.82, 2.24) is 10.6 Å². The highest BCUT2D eigenvalue weighted by Crippen LogP contribution is 1.77. The maximum Gasteiger partial charge on any atom is 0.0164 e. The zero-order valence-corrected chi connectivity index (χ0v) is 7.69. The largest absolute Gasteiger partial charge is 0.329 e. The molecule has 1 atom stereocenters. The summed E-state index contributed by atoms with van der Waals surface area (Å²) in [5, 5.41) is 6.64. The van der Waals surface area contributed by atoms with Crippen molar-refractivity contribution < 1.29 is 0 Å². The first-order valence-electron chi connectivity index (χ1n) is 4.45. The van der Waals surface area contributed by atoms with Crippen LogP contribution in [-0.2, 0) is 0 Å². The van der Waals surface area contributed by atoms with E-state index in [0.717, 1.165) is 26.2 Å². The first-order chi connectivity index (χ1) is 5.31. The summed E-state index contributed by atoms with van der Waals surface area (Å²) in [6, 6.07) is 0.532. The average molecular weight is 159 g/mol. The van der Waals surface area contributed by atoms with Crippen LogP contribution in [0.5, 0.6) is 0 Å². The second kappa shape index (κ2) is 7.98. The average Bonchev–Trinajstić information content (AvgIpc) is 2.01. The fourth-order valence-corrected chi connectivity index (χ4v) is 0.897. The Morgan fingerprint density at radius 2 is 2.09 bits per heavy atom. The minimum Gasteiger partial charge on any atom is -0.329 e. The van der Waals surface area contributed by atoms with E-state index in [4.69, 9.17) is 5.73 Å². The highest BCUT2D eigenvalue weighted by Gasteiger charge is 1.97. The molecule has 3 heteroatoms. The predicted octanol–water partition coefficient (Wildman–Crippen LogP) is -0.0772. The summed E-state index contributed by atoms with van der Waals surface area (Å²) in [5.74, 6) is 0. The molecule has 0 saturated carbocycles. The summed E-state index contributed by atoms with van der Waals surface area (Å²) >= 11 is 0. The number of rotatable bonds is 7. The molecule has 0 aliphatic heterocycles. The van der Waals surface area contributed by atoms with E-state index in [1.165, 1.54) is 6.42 Å². The second-order valence-electron chi connectivity index (χ2n) is 2.85. The van der Waals surface area contributed by atoms with Gasteiger partial charge in [0.1, 0.15) is 0 Å². The molecule has 0 heterocycles. The molecular weight excluding hydrogens is 138 g/mol. The van der Waals surface area contributed by atoms with E-state index in [1.54, 1.807) is 0 Å². The molecule has 0 saturated heterocycles. The minimum absolute atomic E-state index is 0.532. The van der Waals surface area contributed by atoms with Gasteiger partial charge in [0.2, 0.25) is 0 Å². The molecule has 11 heavy (non-hydrogen) atoms. The molecule has 68 valence electrons. The number of nitrogens with one attached hydrogen (secondary N) is 2. The molecule has 0 fully saturated rings. The van der Waals surface area contributed by atoms with Gasteiger partial charge < -0.3 is 16.4 Å². The Hall–Kier alpha value is -0.120. The van der Waals surface area contributed by atoms with E-state index in [1.807, 2.05) is 0 Å². The van der Waals surface area contributed by atoms with Crippen molar-refractivity contribution in [2.24, 2.45) is 5.73 Å². The fourth-order valence-electron chi connectivity index (χ4n) is 0.897. The normalized spacial score (nSPS) is 13.4. The van der Waals surface area contributed by atoms with E-state index in [0.29, 0.717) is 6.04 Å². The van der Waals surface area contributed by atoms with Crippen LogP contribution in [0, 0.1) is 0 Å². The molecular formula is C8H21N3. The third-order valence-corrected chi connectivity index (χ3v) is 1.51. The molecule has 3 nitrogen and oxygen atoms in total. The van der Waals surface area contributed by atoms with Crippen LogP contribution in [-0.4, -0.2) is 32.2 Å². The Morgan fingerprint density at radius 1 is 1.36 bits per heavy atom. The molecule has 0 aromatic heterocycles. The van der Waals surface area contributed by atoms with Crippen molar-refractivity contribution >= 4 is 0 Å². The molecule has 0 spiro atoms. The van der Waals surface area contributed by atoms with Crippen molar-refractivity contribution in [2.45, 2.75) is 26.3 Å². The van der Waals surface area contributed by atoms with Crippen molar-refractivity contribution in [2.75, 3.05) is 26.2 Å². The number of nitrogens with two attached hydrogens (primary N) is 1. The summed E-state index contributed by atoms with van der Waals surface area (Å²) in [6.07, 6.45) is 1.20. The Labute approximate surface area is 69.7 Å². The number of hydrogen-bond acceptors (Lipinski definition) is 3. The summed E-state index contributed by atoms with van der Waals surface area (Å²) in [4.78, 5) is 0. The summed E-state index contributed by atoms with van der Waals surface area (Å²) in [6.45, 7) is 8.11. The summed E-state index contributed by atoms with van der Waals surface area (Å²) in [7, 11) is 0. The SMILES string of the molecule is CCCNCC(C)NCCN. The molecule has 1 unspecified atom stereocenters. The first kappa shape index (κ1) is 10.9. The summed E-state index contributed by atoms with van der Waals surface area (Å²) < 4.78 is 0. The van der Waals surface area contributed by atoms with Gasteiger partial charge in [-0.3, -0.25) is 0 Å². The standard InChI is InChI=1S/C8H21N3/c1-3-5-10-7-8(2)11-6-4-9/h8,10-11H,3-7,9H2,1-2H3. The van der Waals surface area contributed by atoms with E-state index in [9.17, 15) is 0 Å². The van der Waals surface area contributed by atoms with Gasteiger partial charge in [-0.1, -0.05) is 6.92 Å². The molecule has 0 aliphatic rings. The van der Waals surface area contributed by atoms with Crippen LogP contribution in [0.1, 0.15) is 20.3 Å². The topological polar surface area (TPSA) is 50.1 Å². The highest BCUT2D eigenvalue weighted by atomic mass is 15.0. The van der Waals surface area contributed by atoms with Crippen molar-refractivity contribution in [3.63, 3.8) is 0 Å². The molecule has 4 N–H and O–H groups in total. The monoisotopic (exact) mass is 159 g/mol. The molecule has 0 aromatic carbocycles. The van der Waals surface area contributed by atoms with Crippen LogP contribution >= 0.6 is 0 Å². The van der Waals surface area contributed by atoms with E-state index >= 15 is 0 Å². The van der Waals surface area contributed by atoms with Gasteiger partial charge in [0.25, 0.3) is 0 Å². The maximum absolute atomic E-state index is 5.35. The predicted molar refractivity (Wildman–Crippen MR) is 49.7 cm³/mol. The van der Waals surface area contributed by atoms with Crippen LogP contribution in [0.3, 0.4) is 0 Å². The van der Waals surface area contributed by atoms with Gasteiger partial charge in [-0.15, -0.1) is 0 Å². The van der Waals surface area contributed by atoms with Crippen molar-refractivity contribution in [3.8, 4) is 0 Å². The Morgan fingerprint density at radius 3 is 2.64 bits per heavy atom. The van der Waals surface area contributed by atoms with Crippen LogP contribution in [0.2, 0.25) is 0 Å². The quantitative estimate of drug-likeness (QED) is 0.456. The van der Waals surface area contributed by atoms with Crippen molar-refractivity contribution in [3.05, 3.63) is 0 Å². The third-order valence-electron chi connectivity index (χ3n) is 1.51. The molecule has 0 rings (SSSR count). The van der Waals surface area contributed by atoms with Gasteiger partial charge in [-0.2, -0.15) is 0 Å². The van der Waals surface area contributed by atoms with Gasteiger partial charge in [0.15, 0.2) is 0 Å². The minimum atomic E-state index is 0.532. The first-order valence-corrected chi connectivity index (χ1v) is 4.45. The summed E-state index contributed by atoms with van der Waals surface area (Å²) in [5.41, 5.74) is 5.35. The van der Waals surface area contributed by atoms with Gasteiger partial charge in [-0.05, 0) is 19.9 Å². The maximum atomic E-state index is 5.35. The lowest BCUT2D eigenvalue weighted by Gasteiger charge is -2.13. The fraction of sp³-hybridized carbons (Fsp3) is 1.00. The highest BCUT2D eigenvalue weighted by molar-refractivity contribution is 4.63. The van der Waals surface area contributed by atoms with Crippen LogP contribution in [0.25, 0.3) is 0 Å². The zero-order chi connectivity index (χ0) is 8.53. The van der Waals surface area contributed by atoms with Gasteiger partial charge >= 0.3 is 0 Å². The van der Waals surface area contributed by atoms with E-state index < -0.39 is 0 Å². The Bertz CT molecular complexity index is 75.7. The third kappa shape index (κ3) is 7.78. The van der Waals surface area contributed by atoms with E-state index in [-0.39, 0.29) is 0 Å². The smallest absolute Gasteiger partial charge is 0.0164 e. The Balaban J connectivity index is 3.02. The van der Waals surface area contributed by atoms with Crippen LogP contribution in [0.15, 0.2) is 0 Å². The lowest BCUT2D eigenvalue weighted by atomic mass is 10.3. The molecule has 0 bridgehead atoms. The molecule has 0 radical (unpaired) electrons. The van der Waals surface area contributed by atoms with Crippen LogP contribution < -0.4 is 16.4 Å². The molecule has 0 amide bonds.